The van der Waals surface area contributed by atoms with Crippen LogP contribution >= 0.6 is 22.9 Å². The Morgan fingerprint density at radius 2 is 2.13 bits per heavy atom. The third-order valence-corrected chi connectivity index (χ3v) is 6.92. The van der Waals surface area contributed by atoms with Gasteiger partial charge in [0.2, 0.25) is 11.8 Å². The first-order chi connectivity index (χ1) is 14.9. The first kappa shape index (κ1) is 23.6. The lowest BCUT2D eigenvalue weighted by Crippen LogP contribution is -2.47. The van der Waals surface area contributed by atoms with E-state index in [2.05, 4.69) is 11.4 Å². The number of ether oxygens (including phenoxy) is 2. The quantitative estimate of drug-likeness (QED) is 0.524. The summed E-state index contributed by atoms with van der Waals surface area (Å²) in [7, 11) is 1.63. The van der Waals surface area contributed by atoms with Crippen molar-refractivity contribution in [1.29, 1.82) is 0 Å². The molecule has 8 heteroatoms. The maximum absolute atomic E-state index is 13.2. The summed E-state index contributed by atoms with van der Waals surface area (Å²) in [6, 6.07) is 7.44. The lowest BCUT2D eigenvalue weighted by molar-refractivity contribution is -0.142. The fraction of sp³-hybridized carbons (Fsp3) is 0.478. The van der Waals surface area contributed by atoms with Crippen molar-refractivity contribution in [2.45, 2.75) is 32.7 Å². The number of hydrogen-bond acceptors (Lipinski definition) is 5. The Bertz CT molecular complexity index is 917. The van der Waals surface area contributed by atoms with E-state index < -0.39 is 0 Å². The molecule has 2 aromatic rings. The molecule has 1 aliphatic heterocycles. The fourth-order valence-corrected chi connectivity index (χ4v) is 4.80. The van der Waals surface area contributed by atoms with Crippen molar-refractivity contribution < 1.29 is 19.1 Å². The summed E-state index contributed by atoms with van der Waals surface area (Å²) in [6.45, 7) is 5.51. The van der Waals surface area contributed by atoms with E-state index in [1.165, 1.54) is 11.8 Å². The molecular weight excluding hydrogens is 436 g/mol. The molecule has 1 aromatic heterocycles. The lowest BCUT2D eigenvalue weighted by Gasteiger charge is -2.37. The van der Waals surface area contributed by atoms with Gasteiger partial charge in [-0.25, -0.2) is 0 Å². The van der Waals surface area contributed by atoms with Gasteiger partial charge in [0.25, 0.3) is 0 Å². The number of carbonyl (C=O) groups is 2. The van der Waals surface area contributed by atoms with E-state index in [1.54, 1.807) is 23.3 Å². The first-order valence-electron chi connectivity index (χ1n) is 10.4. The van der Waals surface area contributed by atoms with E-state index in [0.29, 0.717) is 37.7 Å². The van der Waals surface area contributed by atoms with Crippen molar-refractivity contribution >= 4 is 34.8 Å². The molecule has 0 bridgehead atoms. The highest BCUT2D eigenvalue weighted by Gasteiger charge is 2.33. The van der Waals surface area contributed by atoms with Crippen LogP contribution in [0.15, 0.2) is 29.6 Å². The predicted octanol–water partition coefficient (Wildman–Crippen LogP) is 4.10. The molecule has 2 heterocycles. The minimum absolute atomic E-state index is 0.0645. The highest BCUT2D eigenvalue weighted by atomic mass is 35.5. The number of rotatable bonds is 9. The highest BCUT2D eigenvalue weighted by Crippen LogP contribution is 2.34. The van der Waals surface area contributed by atoms with Crippen LogP contribution in [0.5, 0.6) is 5.75 Å². The van der Waals surface area contributed by atoms with Crippen LogP contribution in [0, 0.1) is 6.92 Å². The monoisotopic (exact) mass is 464 g/mol. The molecule has 1 unspecified atom stereocenters. The van der Waals surface area contributed by atoms with Gasteiger partial charge >= 0.3 is 0 Å². The molecule has 2 amide bonds. The molecule has 1 aliphatic rings. The Kier molecular flexibility index (Phi) is 8.35. The lowest BCUT2D eigenvalue weighted by atomic mass is 10.0. The molecule has 168 valence electrons. The summed E-state index contributed by atoms with van der Waals surface area (Å²) >= 11 is 7.83. The topological polar surface area (TPSA) is 59.1 Å². The molecular formula is C23H29ClN2O4S. The van der Waals surface area contributed by atoms with E-state index in [9.17, 15) is 9.59 Å². The number of nitrogens with zero attached hydrogens (tertiary/aromatic N) is 2. The number of hydrogen-bond donors (Lipinski definition) is 0. The molecule has 0 saturated heterocycles. The summed E-state index contributed by atoms with van der Waals surface area (Å²) in [5, 5.41) is 2.75. The largest absolute Gasteiger partial charge is 0.491 e. The second-order valence-corrected chi connectivity index (χ2v) is 9.07. The second kappa shape index (κ2) is 11.0. The van der Waals surface area contributed by atoms with E-state index in [-0.39, 0.29) is 24.4 Å². The molecule has 1 atom stereocenters. The third-order valence-electron chi connectivity index (χ3n) is 5.50. The normalized spacial score (nSPS) is 15.5. The molecule has 0 radical (unpaired) electrons. The van der Waals surface area contributed by atoms with Crippen LogP contribution in [0.1, 0.15) is 35.4 Å². The van der Waals surface area contributed by atoms with Crippen molar-refractivity contribution in [3.05, 3.63) is 50.7 Å². The van der Waals surface area contributed by atoms with E-state index in [1.807, 2.05) is 30.0 Å². The highest BCUT2D eigenvalue weighted by molar-refractivity contribution is 7.10. The zero-order valence-electron chi connectivity index (χ0n) is 18.2. The number of benzene rings is 1. The Morgan fingerprint density at radius 3 is 2.84 bits per heavy atom. The van der Waals surface area contributed by atoms with E-state index >= 15 is 0 Å². The van der Waals surface area contributed by atoms with Gasteiger partial charge in [-0.1, -0.05) is 11.6 Å². The third kappa shape index (κ3) is 5.99. The maximum atomic E-state index is 13.2. The standard InChI is InChI=1S/C23H29ClN2O4S/c1-16-13-18(5-6-20(16)24)30-15-21-19-8-12-31-22(19)7-10-26(21)23(28)14-25(17(2)27)9-4-11-29-3/h5-6,8,12-13,21H,4,7,9-11,14-15H2,1-3H3. The number of thiophene rings is 1. The van der Waals surface area contributed by atoms with Gasteiger partial charge in [0.1, 0.15) is 12.4 Å². The van der Waals surface area contributed by atoms with Gasteiger partial charge in [0.15, 0.2) is 0 Å². The van der Waals surface area contributed by atoms with Crippen molar-refractivity contribution in [3.63, 3.8) is 0 Å². The van der Waals surface area contributed by atoms with Crippen LogP contribution in [0.25, 0.3) is 0 Å². The Hall–Kier alpha value is -2.09. The Morgan fingerprint density at radius 1 is 1.32 bits per heavy atom. The van der Waals surface area contributed by atoms with Crippen LogP contribution in [-0.2, 0) is 20.7 Å². The van der Waals surface area contributed by atoms with Crippen LogP contribution < -0.4 is 4.74 Å². The minimum Gasteiger partial charge on any atom is -0.491 e. The number of methoxy groups -OCH3 is 1. The Labute approximate surface area is 192 Å². The zero-order chi connectivity index (χ0) is 22.4. The maximum Gasteiger partial charge on any atom is 0.242 e. The van der Waals surface area contributed by atoms with Crippen LogP contribution in [0.3, 0.4) is 0 Å². The first-order valence-corrected chi connectivity index (χ1v) is 11.7. The number of halogens is 1. The van der Waals surface area contributed by atoms with Crippen molar-refractivity contribution in [2.75, 3.05) is 40.0 Å². The smallest absolute Gasteiger partial charge is 0.242 e. The van der Waals surface area contributed by atoms with Gasteiger partial charge in [-0.15, -0.1) is 11.3 Å². The SMILES string of the molecule is COCCCN(CC(=O)N1CCc2sccc2C1COc1ccc(Cl)c(C)c1)C(C)=O. The summed E-state index contributed by atoms with van der Waals surface area (Å²) < 4.78 is 11.1. The minimum atomic E-state index is -0.189. The molecule has 6 nitrogen and oxygen atoms in total. The molecule has 0 spiro atoms. The average Bonchev–Trinajstić information content (AvgIpc) is 3.22. The summed E-state index contributed by atoms with van der Waals surface area (Å²) in [4.78, 5) is 30.0. The number of fused-ring (bicyclic) bond motifs is 1. The van der Waals surface area contributed by atoms with Crippen molar-refractivity contribution in [3.8, 4) is 5.75 Å². The molecule has 0 aliphatic carbocycles. The van der Waals surface area contributed by atoms with E-state index in [4.69, 9.17) is 21.1 Å². The molecule has 0 saturated carbocycles. The molecule has 31 heavy (non-hydrogen) atoms. The van der Waals surface area contributed by atoms with Gasteiger partial charge in [0, 0.05) is 43.6 Å². The van der Waals surface area contributed by atoms with Gasteiger partial charge in [-0.05, 0) is 60.5 Å². The molecule has 0 N–H and O–H groups in total. The van der Waals surface area contributed by atoms with Crippen LogP contribution in [-0.4, -0.2) is 61.6 Å². The molecule has 1 aromatic carbocycles. The number of aryl methyl sites for hydroxylation is 1. The summed E-state index contributed by atoms with van der Waals surface area (Å²) in [5.74, 6) is 0.550. The summed E-state index contributed by atoms with van der Waals surface area (Å²) in [6.07, 6.45) is 1.51. The zero-order valence-corrected chi connectivity index (χ0v) is 19.8. The van der Waals surface area contributed by atoms with Crippen molar-refractivity contribution in [2.24, 2.45) is 0 Å². The fourth-order valence-electron chi connectivity index (χ4n) is 3.76. The number of amides is 2. The van der Waals surface area contributed by atoms with Gasteiger partial charge in [0.05, 0.1) is 12.6 Å². The summed E-state index contributed by atoms with van der Waals surface area (Å²) in [5.41, 5.74) is 2.07. The van der Waals surface area contributed by atoms with Gasteiger partial charge in [-0.2, -0.15) is 0 Å². The van der Waals surface area contributed by atoms with Crippen LogP contribution in [0.4, 0.5) is 0 Å². The molecule has 0 fully saturated rings. The van der Waals surface area contributed by atoms with Gasteiger partial charge < -0.3 is 19.3 Å². The van der Waals surface area contributed by atoms with E-state index in [0.717, 1.165) is 23.3 Å². The number of carbonyl (C=O) groups excluding carboxylic acids is 2. The van der Waals surface area contributed by atoms with Crippen molar-refractivity contribution in [1.82, 2.24) is 9.80 Å². The van der Waals surface area contributed by atoms with Gasteiger partial charge in [-0.3, -0.25) is 9.59 Å². The predicted molar refractivity (Wildman–Crippen MR) is 123 cm³/mol. The van der Waals surface area contributed by atoms with Crippen LogP contribution in [0.2, 0.25) is 5.02 Å². The Balaban J connectivity index is 1.73. The molecule has 3 rings (SSSR count). The average molecular weight is 465 g/mol. The second-order valence-electron chi connectivity index (χ2n) is 7.66.